The van der Waals surface area contributed by atoms with Gasteiger partial charge in [-0.15, -0.1) is 0 Å². The van der Waals surface area contributed by atoms with Gasteiger partial charge < -0.3 is 24.3 Å². The van der Waals surface area contributed by atoms with Crippen LogP contribution in [0.25, 0.3) is 0 Å². The van der Waals surface area contributed by atoms with Gasteiger partial charge in [-0.3, -0.25) is 9.59 Å². The van der Waals surface area contributed by atoms with Crippen LogP contribution in [0, 0.1) is 0 Å². The molecule has 2 aromatic rings. The smallest absolute Gasteiger partial charge is 0.225 e. The lowest BCUT2D eigenvalue weighted by Gasteiger charge is -2.35. The average molecular weight is 516 g/mol. The Balaban J connectivity index is 1.75. The van der Waals surface area contributed by atoms with Crippen LogP contribution in [0.5, 0.6) is 23.0 Å². The highest BCUT2D eigenvalue weighted by molar-refractivity contribution is 9.10. The van der Waals surface area contributed by atoms with E-state index in [1.807, 2.05) is 24.3 Å². The molecular formula is C25H26BrNO6. The molecule has 0 saturated heterocycles. The van der Waals surface area contributed by atoms with E-state index in [1.165, 1.54) is 0 Å². The minimum atomic E-state index is -0.399. The normalized spacial score (nSPS) is 20.2. The number of carbonyl (C=O) groups is 2. The van der Waals surface area contributed by atoms with Crippen LogP contribution in [0.4, 0.5) is 0 Å². The fourth-order valence-corrected chi connectivity index (χ4v) is 5.21. The van der Waals surface area contributed by atoms with Crippen molar-refractivity contribution in [3.63, 3.8) is 0 Å². The molecule has 1 heterocycles. The first kappa shape index (κ1) is 23.2. The number of carbonyl (C=O) groups excluding carboxylic acids is 2. The number of hydrogen-bond donors (Lipinski definition) is 1. The molecule has 0 spiro atoms. The molecule has 1 amide bonds. The lowest BCUT2D eigenvalue weighted by Crippen LogP contribution is -2.38. The number of hydrogen-bond acceptors (Lipinski definition) is 6. The third-order valence-corrected chi connectivity index (χ3v) is 6.91. The van der Waals surface area contributed by atoms with Crippen molar-refractivity contribution in [2.45, 2.75) is 31.1 Å². The summed E-state index contributed by atoms with van der Waals surface area (Å²) >= 11 is 3.47. The van der Waals surface area contributed by atoms with Crippen molar-refractivity contribution < 1.29 is 28.5 Å². The van der Waals surface area contributed by atoms with Crippen LogP contribution in [0.3, 0.4) is 0 Å². The van der Waals surface area contributed by atoms with Crippen molar-refractivity contribution in [2.75, 3.05) is 28.4 Å². The van der Waals surface area contributed by atoms with Crippen LogP contribution in [0.15, 0.2) is 46.1 Å². The second-order valence-electron chi connectivity index (χ2n) is 8.07. The van der Waals surface area contributed by atoms with Gasteiger partial charge in [-0.05, 0) is 58.1 Å². The number of amides is 1. The maximum absolute atomic E-state index is 13.5. The maximum Gasteiger partial charge on any atom is 0.225 e. The lowest BCUT2D eigenvalue weighted by atomic mass is 9.73. The molecule has 1 N–H and O–H groups in total. The largest absolute Gasteiger partial charge is 0.496 e. The van der Waals surface area contributed by atoms with Gasteiger partial charge in [-0.1, -0.05) is 6.07 Å². The molecule has 174 valence electrons. The minimum Gasteiger partial charge on any atom is -0.496 e. The van der Waals surface area contributed by atoms with Crippen LogP contribution in [-0.2, 0) is 9.59 Å². The van der Waals surface area contributed by atoms with Crippen molar-refractivity contribution in [3.8, 4) is 23.0 Å². The summed E-state index contributed by atoms with van der Waals surface area (Å²) in [5.74, 6) is 1.88. The number of allylic oxidation sites excluding steroid dienone is 2. The molecular weight excluding hydrogens is 490 g/mol. The first-order valence-corrected chi connectivity index (χ1v) is 11.4. The molecule has 0 radical (unpaired) electrons. The van der Waals surface area contributed by atoms with Crippen LogP contribution in [0.1, 0.15) is 42.2 Å². The number of ether oxygens (including phenoxy) is 4. The van der Waals surface area contributed by atoms with E-state index in [2.05, 4.69) is 21.2 Å². The third kappa shape index (κ3) is 4.31. The second-order valence-corrected chi connectivity index (χ2v) is 8.92. The fourth-order valence-electron chi connectivity index (χ4n) is 4.72. The fraction of sp³-hybridized carbons (Fsp3) is 0.360. The molecule has 33 heavy (non-hydrogen) atoms. The van der Waals surface area contributed by atoms with Crippen LogP contribution < -0.4 is 24.3 Å². The summed E-state index contributed by atoms with van der Waals surface area (Å²) in [6, 6.07) is 9.32. The van der Waals surface area contributed by atoms with E-state index >= 15 is 0 Å². The quantitative estimate of drug-likeness (QED) is 0.610. The van der Waals surface area contributed by atoms with Gasteiger partial charge in [0.05, 0.1) is 32.9 Å². The van der Waals surface area contributed by atoms with Crippen LogP contribution >= 0.6 is 15.9 Å². The molecule has 0 fully saturated rings. The van der Waals surface area contributed by atoms with Gasteiger partial charge in [0.25, 0.3) is 0 Å². The molecule has 0 saturated carbocycles. The number of methoxy groups -OCH3 is 4. The Bertz CT molecular complexity index is 1140. The number of ketones is 1. The lowest BCUT2D eigenvalue weighted by molar-refractivity contribution is -0.122. The van der Waals surface area contributed by atoms with Gasteiger partial charge in [0.15, 0.2) is 17.3 Å². The summed E-state index contributed by atoms with van der Waals surface area (Å²) in [5, 5.41) is 2.96. The molecule has 1 aliphatic heterocycles. The van der Waals surface area contributed by atoms with E-state index in [1.54, 1.807) is 34.5 Å². The van der Waals surface area contributed by atoms with Crippen LogP contribution in [0.2, 0.25) is 0 Å². The summed E-state index contributed by atoms with van der Waals surface area (Å²) in [5.41, 5.74) is 3.05. The zero-order valence-corrected chi connectivity index (χ0v) is 20.6. The molecule has 1 aliphatic carbocycles. The van der Waals surface area contributed by atoms with E-state index in [-0.39, 0.29) is 24.0 Å². The van der Waals surface area contributed by atoms with E-state index in [9.17, 15) is 9.59 Å². The van der Waals surface area contributed by atoms with Crippen molar-refractivity contribution in [3.05, 3.63) is 57.2 Å². The van der Waals surface area contributed by atoms with Gasteiger partial charge in [0, 0.05) is 35.6 Å². The van der Waals surface area contributed by atoms with Gasteiger partial charge in [0.1, 0.15) is 11.5 Å². The number of Topliss-reactive ketones (excluding diaryl/α,β-unsaturated/α-hetero) is 1. The second kappa shape index (κ2) is 9.47. The monoisotopic (exact) mass is 515 g/mol. The number of nitrogens with one attached hydrogen (secondary N) is 1. The van der Waals surface area contributed by atoms with Crippen molar-refractivity contribution >= 4 is 27.6 Å². The van der Waals surface area contributed by atoms with Gasteiger partial charge >= 0.3 is 0 Å². The Morgan fingerprint density at radius 3 is 2.18 bits per heavy atom. The van der Waals surface area contributed by atoms with E-state index < -0.39 is 5.92 Å². The molecule has 2 aliphatic rings. The highest BCUT2D eigenvalue weighted by atomic mass is 79.9. The van der Waals surface area contributed by atoms with E-state index in [4.69, 9.17) is 18.9 Å². The Hall–Kier alpha value is -3.00. The van der Waals surface area contributed by atoms with Gasteiger partial charge in [-0.2, -0.15) is 0 Å². The molecule has 4 rings (SSSR count). The topological polar surface area (TPSA) is 83.1 Å². The standard InChI is InChI=1S/C25H26BrNO6/c1-30-20-6-5-13(9-23(20)33-4)14-7-18-25(19(28)8-14)16(11-24(29)27-18)15-10-22(32-3)17(26)12-21(15)31-2/h5-6,9-10,12,14,16H,7-8,11H2,1-4H3,(H,27,29)/t14-,16+/m1/s1. The Morgan fingerprint density at radius 2 is 1.52 bits per heavy atom. The molecule has 7 nitrogen and oxygen atoms in total. The summed E-state index contributed by atoms with van der Waals surface area (Å²) in [7, 11) is 6.32. The predicted molar refractivity (Wildman–Crippen MR) is 126 cm³/mol. The molecule has 8 heteroatoms. The summed E-state index contributed by atoms with van der Waals surface area (Å²) < 4.78 is 22.5. The predicted octanol–water partition coefficient (Wildman–Crippen LogP) is 4.49. The van der Waals surface area contributed by atoms with Crippen LogP contribution in [-0.4, -0.2) is 40.1 Å². The summed E-state index contributed by atoms with van der Waals surface area (Å²) in [4.78, 5) is 26.1. The van der Waals surface area contributed by atoms with E-state index in [0.29, 0.717) is 47.1 Å². The Kier molecular flexibility index (Phi) is 6.65. The molecule has 2 atom stereocenters. The molecule has 0 bridgehead atoms. The highest BCUT2D eigenvalue weighted by Crippen LogP contribution is 2.47. The first-order chi connectivity index (χ1) is 15.9. The van der Waals surface area contributed by atoms with Gasteiger partial charge in [-0.25, -0.2) is 0 Å². The molecule has 0 unspecified atom stereocenters. The van der Waals surface area contributed by atoms with E-state index in [0.717, 1.165) is 15.6 Å². The summed E-state index contributed by atoms with van der Waals surface area (Å²) in [6.07, 6.45) is 1.07. The zero-order valence-electron chi connectivity index (χ0n) is 19.0. The maximum atomic E-state index is 13.5. The molecule has 0 aromatic heterocycles. The number of halogens is 1. The zero-order chi connectivity index (χ0) is 23.7. The van der Waals surface area contributed by atoms with Crippen molar-refractivity contribution in [2.24, 2.45) is 0 Å². The Morgan fingerprint density at radius 1 is 0.818 bits per heavy atom. The Labute approximate surface area is 201 Å². The average Bonchev–Trinajstić information content (AvgIpc) is 2.82. The first-order valence-electron chi connectivity index (χ1n) is 10.6. The highest BCUT2D eigenvalue weighted by Gasteiger charge is 2.39. The number of rotatable bonds is 6. The minimum absolute atomic E-state index is 0.0185. The molecule has 2 aromatic carbocycles. The summed E-state index contributed by atoms with van der Waals surface area (Å²) in [6.45, 7) is 0. The third-order valence-electron chi connectivity index (χ3n) is 6.29. The van der Waals surface area contributed by atoms with Gasteiger partial charge in [0.2, 0.25) is 5.91 Å². The number of benzene rings is 2. The SMILES string of the molecule is COc1cc([C@@H]2CC(=O)NC3=C2C(=O)C[C@H](c2ccc(OC)c(OC)c2)C3)c(OC)cc1Br. The van der Waals surface area contributed by atoms with Crippen molar-refractivity contribution in [1.82, 2.24) is 5.32 Å². The van der Waals surface area contributed by atoms with Crippen molar-refractivity contribution in [1.29, 1.82) is 0 Å².